The number of amides is 4. The number of aromatic nitrogens is 1. The Morgan fingerprint density at radius 3 is 2.36 bits per heavy atom. The fourth-order valence-corrected chi connectivity index (χ4v) is 5.54. The number of nitrogens with one attached hydrogen (secondary N) is 3. The van der Waals surface area contributed by atoms with Gasteiger partial charge in [0.05, 0.1) is 18.9 Å². The van der Waals surface area contributed by atoms with Crippen LogP contribution in [0, 0.1) is 0 Å². The zero-order valence-corrected chi connectivity index (χ0v) is 26.0. The standard InChI is InChI=1S/C32H37N5O6S/c1-31(2,3)43-30(41)36-32(4,22-8-6-5-7-9-22)28(40)37-16-17-42-18-25(37)27(39)35-29-34-24(19-44-29)20-10-12-21(13-11-20)26(38)33-23-14-15-23/h5-13,19,23,25H,14-18H2,1-4H3,(H,33,38)(H,36,41)(H,34,35,39)/t25-,32-/m0/s1. The van der Waals surface area contributed by atoms with Gasteiger partial charge in [-0.05, 0) is 58.2 Å². The molecule has 2 aliphatic rings. The van der Waals surface area contributed by atoms with Crippen LogP contribution in [0.4, 0.5) is 9.93 Å². The lowest BCUT2D eigenvalue weighted by Crippen LogP contribution is -2.62. The second-order valence-corrected chi connectivity index (χ2v) is 12.9. The molecule has 44 heavy (non-hydrogen) atoms. The largest absolute Gasteiger partial charge is 0.444 e. The van der Waals surface area contributed by atoms with Gasteiger partial charge in [0.15, 0.2) is 5.13 Å². The number of rotatable bonds is 8. The normalized spacial score (nSPS) is 18.1. The predicted molar refractivity (Wildman–Crippen MR) is 166 cm³/mol. The van der Waals surface area contributed by atoms with Gasteiger partial charge in [-0.3, -0.25) is 14.4 Å². The van der Waals surface area contributed by atoms with Crippen molar-refractivity contribution in [3.8, 4) is 11.3 Å². The van der Waals surface area contributed by atoms with Crippen molar-refractivity contribution in [1.29, 1.82) is 0 Å². The molecule has 0 radical (unpaired) electrons. The number of hydrogen-bond donors (Lipinski definition) is 3. The van der Waals surface area contributed by atoms with Crippen molar-refractivity contribution in [3.05, 3.63) is 71.1 Å². The zero-order chi connectivity index (χ0) is 31.5. The minimum Gasteiger partial charge on any atom is -0.444 e. The molecule has 1 saturated carbocycles. The van der Waals surface area contributed by atoms with Gasteiger partial charge in [-0.2, -0.15) is 0 Å². The average Bonchev–Trinajstić information content (AvgIpc) is 3.69. The van der Waals surface area contributed by atoms with Crippen LogP contribution in [0.3, 0.4) is 0 Å². The number of morpholine rings is 1. The first kappa shape index (κ1) is 31.1. The summed E-state index contributed by atoms with van der Waals surface area (Å²) in [5.41, 5.74) is 0.276. The Balaban J connectivity index is 1.30. The molecule has 1 aliphatic carbocycles. The summed E-state index contributed by atoms with van der Waals surface area (Å²) in [5.74, 6) is -1.02. The van der Waals surface area contributed by atoms with Gasteiger partial charge in [-0.15, -0.1) is 11.3 Å². The van der Waals surface area contributed by atoms with Crippen LogP contribution in [0.25, 0.3) is 11.3 Å². The van der Waals surface area contributed by atoms with Gasteiger partial charge in [0.1, 0.15) is 17.2 Å². The Bertz CT molecular complexity index is 1520. The van der Waals surface area contributed by atoms with E-state index in [1.54, 1.807) is 64.1 Å². The van der Waals surface area contributed by atoms with Gasteiger partial charge in [0.25, 0.3) is 17.7 Å². The maximum atomic E-state index is 14.2. The first-order chi connectivity index (χ1) is 20.9. The van der Waals surface area contributed by atoms with E-state index in [2.05, 4.69) is 20.9 Å². The Morgan fingerprint density at radius 1 is 1.00 bits per heavy atom. The van der Waals surface area contributed by atoms with E-state index in [1.807, 2.05) is 23.6 Å². The van der Waals surface area contributed by atoms with E-state index in [9.17, 15) is 19.2 Å². The van der Waals surface area contributed by atoms with Crippen molar-refractivity contribution in [1.82, 2.24) is 20.5 Å². The molecule has 2 fully saturated rings. The molecule has 232 valence electrons. The van der Waals surface area contributed by atoms with Gasteiger partial charge < -0.3 is 30.3 Å². The van der Waals surface area contributed by atoms with Crippen molar-refractivity contribution < 1.29 is 28.7 Å². The van der Waals surface area contributed by atoms with Crippen molar-refractivity contribution in [2.75, 3.05) is 25.1 Å². The van der Waals surface area contributed by atoms with Gasteiger partial charge in [0, 0.05) is 29.1 Å². The topological polar surface area (TPSA) is 139 Å². The highest BCUT2D eigenvalue weighted by Crippen LogP contribution is 2.29. The van der Waals surface area contributed by atoms with Crippen LogP contribution in [0.1, 0.15) is 56.5 Å². The highest BCUT2D eigenvalue weighted by atomic mass is 32.1. The maximum Gasteiger partial charge on any atom is 0.408 e. The molecule has 4 amide bonds. The lowest BCUT2D eigenvalue weighted by molar-refractivity contribution is -0.151. The summed E-state index contributed by atoms with van der Waals surface area (Å²) in [6.07, 6.45) is 1.29. The molecule has 2 heterocycles. The first-order valence-electron chi connectivity index (χ1n) is 14.6. The smallest absolute Gasteiger partial charge is 0.408 e. The molecule has 12 heteroatoms. The number of carbonyl (C=O) groups is 4. The Morgan fingerprint density at radius 2 is 1.70 bits per heavy atom. The molecule has 1 saturated heterocycles. The molecule has 0 bridgehead atoms. The van der Waals surface area contributed by atoms with Gasteiger partial charge in [0.2, 0.25) is 0 Å². The summed E-state index contributed by atoms with van der Waals surface area (Å²) < 4.78 is 11.1. The minimum absolute atomic E-state index is 0.0164. The highest BCUT2D eigenvalue weighted by molar-refractivity contribution is 7.14. The van der Waals surface area contributed by atoms with Gasteiger partial charge in [-0.1, -0.05) is 42.5 Å². The molecule has 2 atom stereocenters. The Labute approximate surface area is 260 Å². The van der Waals surface area contributed by atoms with E-state index in [-0.39, 0.29) is 31.7 Å². The summed E-state index contributed by atoms with van der Waals surface area (Å²) in [5, 5.41) is 10.7. The molecule has 2 aromatic carbocycles. The summed E-state index contributed by atoms with van der Waals surface area (Å²) in [4.78, 5) is 58.9. The number of hydrogen-bond acceptors (Lipinski definition) is 8. The van der Waals surface area contributed by atoms with Crippen LogP contribution in [0.15, 0.2) is 60.0 Å². The number of thiazole rings is 1. The number of carbonyl (C=O) groups excluding carboxylic acids is 4. The van der Waals surface area contributed by atoms with Crippen molar-refractivity contribution in [3.63, 3.8) is 0 Å². The molecular formula is C32H37N5O6S. The molecular weight excluding hydrogens is 582 g/mol. The fourth-order valence-electron chi connectivity index (χ4n) is 4.82. The predicted octanol–water partition coefficient (Wildman–Crippen LogP) is 4.31. The zero-order valence-electron chi connectivity index (χ0n) is 25.2. The van der Waals surface area contributed by atoms with Crippen LogP contribution in [0.2, 0.25) is 0 Å². The second kappa shape index (κ2) is 12.7. The molecule has 1 aliphatic heterocycles. The SMILES string of the molecule is CC(C)(C)OC(=O)N[C@](C)(C(=O)N1CCOC[C@H]1C(=O)Nc1nc(-c2ccc(C(=O)NC3CC3)cc2)cs1)c1ccccc1. The third-order valence-electron chi connectivity index (χ3n) is 7.31. The van der Waals surface area contributed by atoms with E-state index >= 15 is 0 Å². The van der Waals surface area contributed by atoms with Gasteiger partial charge in [-0.25, -0.2) is 9.78 Å². The van der Waals surface area contributed by atoms with Crippen LogP contribution >= 0.6 is 11.3 Å². The number of benzene rings is 2. The number of anilines is 1. The lowest BCUT2D eigenvalue weighted by Gasteiger charge is -2.41. The molecule has 1 aromatic heterocycles. The van der Waals surface area contributed by atoms with E-state index in [1.165, 1.54) is 16.2 Å². The van der Waals surface area contributed by atoms with Crippen molar-refractivity contribution in [2.45, 2.75) is 63.8 Å². The molecule has 0 unspecified atom stereocenters. The monoisotopic (exact) mass is 619 g/mol. The third-order valence-corrected chi connectivity index (χ3v) is 8.07. The minimum atomic E-state index is -1.52. The summed E-state index contributed by atoms with van der Waals surface area (Å²) in [7, 11) is 0. The fraction of sp³-hybridized carbons (Fsp3) is 0.406. The summed E-state index contributed by atoms with van der Waals surface area (Å²) in [6.45, 7) is 7.20. The van der Waals surface area contributed by atoms with Crippen LogP contribution < -0.4 is 16.0 Å². The summed E-state index contributed by atoms with van der Waals surface area (Å²) >= 11 is 1.25. The van der Waals surface area contributed by atoms with E-state index in [0.29, 0.717) is 22.0 Å². The number of alkyl carbamates (subject to hydrolysis) is 1. The van der Waals surface area contributed by atoms with E-state index in [4.69, 9.17) is 9.47 Å². The maximum absolute atomic E-state index is 14.2. The Hall–Kier alpha value is -4.29. The first-order valence-corrected chi connectivity index (χ1v) is 15.4. The van der Waals surface area contributed by atoms with Crippen molar-refractivity contribution in [2.24, 2.45) is 0 Å². The molecule has 0 spiro atoms. The van der Waals surface area contributed by atoms with Crippen LogP contribution in [0.5, 0.6) is 0 Å². The number of ether oxygens (including phenoxy) is 2. The Kier molecular flexibility index (Phi) is 9.02. The molecule has 5 rings (SSSR count). The molecule has 11 nitrogen and oxygen atoms in total. The molecule has 3 N–H and O–H groups in total. The quantitative estimate of drug-likeness (QED) is 0.342. The lowest BCUT2D eigenvalue weighted by atomic mass is 9.89. The van der Waals surface area contributed by atoms with E-state index < -0.39 is 35.1 Å². The van der Waals surface area contributed by atoms with Crippen molar-refractivity contribution >= 4 is 40.3 Å². The summed E-state index contributed by atoms with van der Waals surface area (Å²) in [6, 6.07) is 15.3. The average molecular weight is 620 g/mol. The van der Waals surface area contributed by atoms with Gasteiger partial charge >= 0.3 is 6.09 Å². The van der Waals surface area contributed by atoms with E-state index in [0.717, 1.165) is 18.4 Å². The molecule has 3 aromatic rings. The third kappa shape index (κ3) is 7.43. The number of nitrogens with zero attached hydrogens (tertiary/aromatic N) is 2. The van der Waals surface area contributed by atoms with Crippen LogP contribution in [-0.4, -0.2) is 71.1 Å². The van der Waals surface area contributed by atoms with Crippen LogP contribution in [-0.2, 0) is 24.6 Å². The second-order valence-electron chi connectivity index (χ2n) is 12.1. The highest BCUT2D eigenvalue weighted by Gasteiger charge is 2.45.